The van der Waals surface area contributed by atoms with Crippen LogP contribution < -0.4 is 0 Å². The minimum Gasteiger partial charge on any atom is -0.390 e. The third-order valence-electron chi connectivity index (χ3n) is 9.89. The molecule has 0 bridgehead atoms. The van der Waals surface area contributed by atoms with Crippen molar-refractivity contribution >= 4 is 0 Å². The Balaban J connectivity index is 1.42. The molecule has 0 spiro atoms. The van der Waals surface area contributed by atoms with Gasteiger partial charge in [-0.15, -0.1) is 0 Å². The molecule has 1 aromatic rings. The number of hydrogen-bond donors (Lipinski definition) is 1. The third-order valence-corrected chi connectivity index (χ3v) is 9.89. The van der Waals surface area contributed by atoms with Crippen molar-refractivity contribution in [2.24, 2.45) is 34.5 Å². The quantitative estimate of drug-likeness (QED) is 0.686. The lowest BCUT2D eigenvalue weighted by Crippen LogP contribution is -2.55. The fraction of sp³-hybridized carbons (Fsp3) is 0.833. The maximum atomic E-state index is 10.7. The summed E-state index contributed by atoms with van der Waals surface area (Å²) in [6.45, 7) is 11.1. The van der Waals surface area contributed by atoms with Crippen LogP contribution in [0.5, 0.6) is 0 Å². The first-order valence-corrected chi connectivity index (χ1v) is 11.2. The molecule has 0 aromatic carbocycles. The summed E-state index contributed by atoms with van der Waals surface area (Å²) in [6, 6.07) is 2.08. The second-order valence-electron chi connectivity index (χ2n) is 11.3. The van der Waals surface area contributed by atoms with Gasteiger partial charge in [-0.1, -0.05) is 19.0 Å². The summed E-state index contributed by atoms with van der Waals surface area (Å²) in [7, 11) is 0. The van der Waals surface area contributed by atoms with E-state index in [1.807, 2.05) is 0 Å². The lowest BCUT2D eigenvalue weighted by atomic mass is 9.44. The van der Waals surface area contributed by atoms with E-state index in [-0.39, 0.29) is 0 Å². The molecule has 0 aliphatic heterocycles. The Bertz CT molecular complexity index is 724. The van der Waals surface area contributed by atoms with Crippen LogP contribution in [0, 0.1) is 41.4 Å². The van der Waals surface area contributed by atoms with Gasteiger partial charge in [0, 0.05) is 18.9 Å². The van der Waals surface area contributed by atoms with E-state index in [4.69, 9.17) is 4.52 Å². The van der Waals surface area contributed by atoms with Crippen molar-refractivity contribution in [3.05, 3.63) is 24.4 Å². The third kappa shape index (κ3) is 2.59. The Hall–Kier alpha value is -0.830. The van der Waals surface area contributed by atoms with Gasteiger partial charge in [-0.05, 0) is 99.2 Å². The highest BCUT2D eigenvalue weighted by Crippen LogP contribution is 2.69. The molecule has 1 N–H and O–H groups in total. The van der Waals surface area contributed by atoms with Crippen LogP contribution in [0.3, 0.4) is 0 Å². The van der Waals surface area contributed by atoms with Gasteiger partial charge < -0.3 is 9.63 Å². The standard InChI is InChI=1S/C24H36NO2/c1-15-13-21(25-27-15)20-8-7-18-17-6-5-16-14-22(2,26)11-12-23(16,3)19(17)9-10-24(18,20)4/h13,16-20,26H,1,5-12,14H2,2-4H3/t16?,17-,18-,19?,20+,22+,23-,24-/m0/s1. The van der Waals surface area contributed by atoms with Crippen LogP contribution >= 0.6 is 0 Å². The molecule has 2 unspecified atom stereocenters. The van der Waals surface area contributed by atoms with E-state index in [1.54, 1.807) is 0 Å². The maximum absolute atomic E-state index is 10.7. The lowest BCUT2D eigenvalue weighted by molar-refractivity contribution is -0.143. The second-order valence-corrected chi connectivity index (χ2v) is 11.3. The van der Waals surface area contributed by atoms with Crippen molar-refractivity contribution in [2.75, 3.05) is 0 Å². The van der Waals surface area contributed by atoms with Gasteiger partial charge in [-0.25, -0.2) is 0 Å². The topological polar surface area (TPSA) is 46.3 Å². The summed E-state index contributed by atoms with van der Waals surface area (Å²) in [5, 5.41) is 15.0. The zero-order valence-electron chi connectivity index (χ0n) is 17.3. The summed E-state index contributed by atoms with van der Waals surface area (Å²) in [6.07, 6.45) is 11.2. The van der Waals surface area contributed by atoms with Gasteiger partial charge >= 0.3 is 0 Å². The van der Waals surface area contributed by atoms with E-state index in [2.05, 4.69) is 38.9 Å². The first-order valence-electron chi connectivity index (χ1n) is 11.2. The Morgan fingerprint density at radius 3 is 2.52 bits per heavy atom. The summed E-state index contributed by atoms with van der Waals surface area (Å²) in [4.78, 5) is 0. The van der Waals surface area contributed by atoms with Crippen molar-refractivity contribution in [1.29, 1.82) is 0 Å². The monoisotopic (exact) mass is 370 g/mol. The summed E-state index contributed by atoms with van der Waals surface area (Å²) < 4.78 is 5.33. The minimum atomic E-state index is -0.433. The van der Waals surface area contributed by atoms with Crippen LogP contribution in [-0.4, -0.2) is 15.9 Å². The van der Waals surface area contributed by atoms with Crippen LogP contribution in [-0.2, 0) is 0 Å². The maximum Gasteiger partial charge on any atom is 0.137 e. The molecule has 4 fully saturated rings. The van der Waals surface area contributed by atoms with Crippen molar-refractivity contribution in [1.82, 2.24) is 5.16 Å². The summed E-state index contributed by atoms with van der Waals surface area (Å²) in [5.74, 6) is 4.50. The van der Waals surface area contributed by atoms with Gasteiger partial charge in [-0.3, -0.25) is 0 Å². The van der Waals surface area contributed by atoms with Crippen molar-refractivity contribution in [2.45, 2.75) is 90.1 Å². The first-order chi connectivity index (χ1) is 12.7. The summed E-state index contributed by atoms with van der Waals surface area (Å²) in [5.41, 5.74) is 1.53. The summed E-state index contributed by atoms with van der Waals surface area (Å²) >= 11 is 0. The van der Waals surface area contributed by atoms with Crippen LogP contribution in [0.15, 0.2) is 10.6 Å². The number of aliphatic hydroxyl groups is 1. The Kier molecular flexibility index (Phi) is 3.94. The van der Waals surface area contributed by atoms with E-state index in [0.29, 0.717) is 28.4 Å². The van der Waals surface area contributed by atoms with Gasteiger partial charge in [0.15, 0.2) is 0 Å². The van der Waals surface area contributed by atoms with E-state index >= 15 is 0 Å². The highest BCUT2D eigenvalue weighted by molar-refractivity contribution is 5.21. The van der Waals surface area contributed by atoms with Gasteiger partial charge in [0.25, 0.3) is 0 Å². The van der Waals surface area contributed by atoms with Crippen LogP contribution in [0.25, 0.3) is 0 Å². The average Bonchev–Trinajstić information content (AvgIpc) is 3.18. The van der Waals surface area contributed by atoms with Crippen LogP contribution in [0.4, 0.5) is 0 Å². The van der Waals surface area contributed by atoms with Crippen LogP contribution in [0.2, 0.25) is 0 Å². The first kappa shape index (κ1) is 18.2. The fourth-order valence-electron chi connectivity index (χ4n) is 8.41. The lowest BCUT2D eigenvalue weighted by Gasteiger charge is -2.61. The molecule has 3 heteroatoms. The van der Waals surface area contributed by atoms with E-state index in [9.17, 15) is 5.11 Å². The van der Waals surface area contributed by atoms with Crippen molar-refractivity contribution < 1.29 is 9.63 Å². The zero-order chi connectivity index (χ0) is 19.0. The predicted octanol–water partition coefficient (Wildman–Crippen LogP) is 5.73. The normalized spacial score (nSPS) is 52.1. The largest absolute Gasteiger partial charge is 0.390 e. The number of fused-ring (bicyclic) bond motifs is 5. The minimum absolute atomic E-state index is 0.369. The van der Waals surface area contributed by atoms with E-state index in [1.165, 1.54) is 44.9 Å². The highest BCUT2D eigenvalue weighted by Gasteiger charge is 2.61. The molecule has 0 saturated heterocycles. The number of rotatable bonds is 1. The van der Waals surface area contributed by atoms with Crippen molar-refractivity contribution in [3.63, 3.8) is 0 Å². The molecule has 4 aliphatic rings. The molecule has 4 saturated carbocycles. The molecule has 149 valence electrons. The predicted molar refractivity (Wildman–Crippen MR) is 106 cm³/mol. The van der Waals surface area contributed by atoms with Gasteiger partial charge in [0.05, 0.1) is 11.3 Å². The average molecular weight is 371 g/mol. The zero-order valence-corrected chi connectivity index (χ0v) is 17.3. The SMILES string of the molecule is [CH2]c1cc([C@H]2CC[C@H]3[C@@H]4CCC5C[C@](C)(O)CC[C@]5(C)C4CC[C@]23C)no1. The van der Waals surface area contributed by atoms with E-state index < -0.39 is 5.60 Å². The number of hydrogen-bond acceptors (Lipinski definition) is 3. The molecule has 1 heterocycles. The smallest absolute Gasteiger partial charge is 0.137 e. The molecule has 1 radical (unpaired) electrons. The van der Waals surface area contributed by atoms with Gasteiger partial charge in [0.1, 0.15) is 5.76 Å². The van der Waals surface area contributed by atoms with Crippen LogP contribution in [0.1, 0.15) is 95.9 Å². The Morgan fingerprint density at radius 2 is 1.78 bits per heavy atom. The molecule has 4 aliphatic carbocycles. The highest BCUT2D eigenvalue weighted by atomic mass is 16.5. The molecule has 5 rings (SSSR count). The Labute approximate surface area is 164 Å². The van der Waals surface area contributed by atoms with E-state index in [0.717, 1.165) is 36.3 Å². The number of nitrogens with zero attached hydrogens (tertiary/aromatic N) is 1. The fourth-order valence-corrected chi connectivity index (χ4v) is 8.41. The Morgan fingerprint density at radius 1 is 1.00 bits per heavy atom. The second kappa shape index (κ2) is 5.84. The molecular formula is C24H36NO2. The molecule has 8 atom stereocenters. The molecule has 27 heavy (non-hydrogen) atoms. The van der Waals surface area contributed by atoms with Crippen molar-refractivity contribution in [3.8, 4) is 0 Å². The molecule has 1 aromatic heterocycles. The van der Waals surface area contributed by atoms with Gasteiger partial charge in [0.2, 0.25) is 0 Å². The number of aromatic nitrogens is 1. The molecule has 3 nitrogen and oxygen atoms in total. The molecular weight excluding hydrogens is 334 g/mol. The molecule has 0 amide bonds. The van der Waals surface area contributed by atoms with Gasteiger partial charge in [-0.2, -0.15) is 0 Å².